The molecule has 0 unspecified atom stereocenters. The van der Waals surface area contributed by atoms with Crippen molar-refractivity contribution in [1.82, 2.24) is 5.32 Å². The number of hydrogen-bond acceptors (Lipinski definition) is 1. The fraction of sp³-hybridized carbons (Fsp3) is 0.588. The van der Waals surface area contributed by atoms with Gasteiger partial charge < -0.3 is 5.32 Å². The topological polar surface area (TPSA) is 29.1 Å². The third-order valence-electron chi connectivity index (χ3n) is 4.41. The first-order valence-corrected chi connectivity index (χ1v) is 8.64. The van der Waals surface area contributed by atoms with Crippen LogP contribution in [0.5, 0.6) is 0 Å². The van der Waals surface area contributed by atoms with E-state index in [1.165, 1.54) is 0 Å². The zero-order valence-electron chi connectivity index (χ0n) is 13.0. The molecule has 1 saturated carbocycles. The van der Waals surface area contributed by atoms with E-state index in [1.54, 1.807) is 0 Å². The highest BCUT2D eigenvalue weighted by Crippen LogP contribution is 2.48. The van der Waals surface area contributed by atoms with Gasteiger partial charge in [0.05, 0.1) is 0 Å². The molecule has 1 atom stereocenters. The largest absolute Gasteiger partial charge is 0.411 e. The first-order chi connectivity index (χ1) is 10.7. The zero-order chi connectivity index (χ0) is 17.1. The number of hydrogen-bond donors (Lipinski definition) is 1. The summed E-state index contributed by atoms with van der Waals surface area (Å²) in [5, 5.41) is 2.23. The molecule has 0 aromatic heterocycles. The van der Waals surface area contributed by atoms with Gasteiger partial charge in [-0.2, -0.15) is 13.2 Å². The molecule has 0 saturated heterocycles. The fourth-order valence-corrected chi connectivity index (χ4v) is 2.95. The van der Waals surface area contributed by atoms with E-state index in [9.17, 15) is 18.0 Å². The van der Waals surface area contributed by atoms with E-state index in [0.29, 0.717) is 19.3 Å². The summed E-state index contributed by atoms with van der Waals surface area (Å²) in [6.45, 7) is 1.10. The van der Waals surface area contributed by atoms with Crippen LogP contribution in [0.4, 0.5) is 13.2 Å². The minimum Gasteiger partial charge on any atom is -0.342 e. The molecule has 0 aliphatic heterocycles. The van der Waals surface area contributed by atoms with E-state index in [0.717, 1.165) is 29.8 Å². The molecule has 0 spiro atoms. The lowest BCUT2D eigenvalue weighted by Gasteiger charge is -2.33. The van der Waals surface area contributed by atoms with Crippen LogP contribution < -0.4 is 5.32 Å². The van der Waals surface area contributed by atoms with Crippen molar-refractivity contribution in [2.45, 2.75) is 57.2 Å². The molecular weight excluding hydrogens is 371 g/mol. The molecule has 6 heteroatoms. The predicted octanol–water partition coefficient (Wildman–Crippen LogP) is 5.01. The van der Waals surface area contributed by atoms with Gasteiger partial charge in [0, 0.05) is 10.9 Å². The molecule has 128 valence electrons. The molecule has 1 aromatic rings. The Morgan fingerprint density at radius 3 is 2.35 bits per heavy atom. The average molecular weight is 392 g/mol. The Morgan fingerprint density at radius 2 is 1.83 bits per heavy atom. The van der Waals surface area contributed by atoms with Crippen molar-refractivity contribution in [1.29, 1.82) is 0 Å². The summed E-state index contributed by atoms with van der Waals surface area (Å²) in [5.41, 5.74) is -0.915. The molecule has 2 rings (SSSR count). The average Bonchev–Trinajstić information content (AvgIpc) is 3.29. The lowest BCUT2D eigenvalue weighted by molar-refractivity contribution is -0.199. The first kappa shape index (κ1) is 18.3. The molecule has 23 heavy (non-hydrogen) atoms. The number of nitrogens with one attached hydrogen (secondary N) is 1. The van der Waals surface area contributed by atoms with Crippen LogP contribution in [0.1, 0.15) is 44.6 Å². The van der Waals surface area contributed by atoms with E-state index in [2.05, 4.69) is 21.2 Å². The van der Waals surface area contributed by atoms with Crippen LogP contribution in [-0.2, 0) is 11.2 Å². The van der Waals surface area contributed by atoms with Crippen molar-refractivity contribution in [3.63, 3.8) is 0 Å². The smallest absolute Gasteiger partial charge is 0.342 e. The lowest BCUT2D eigenvalue weighted by atomic mass is 9.94. The van der Waals surface area contributed by atoms with Crippen molar-refractivity contribution in [3.8, 4) is 0 Å². The molecule has 1 aliphatic carbocycles. The molecule has 1 aromatic carbocycles. The second-order valence-electron chi connectivity index (χ2n) is 6.36. The normalized spacial score (nSPS) is 17.6. The van der Waals surface area contributed by atoms with Crippen LogP contribution >= 0.6 is 15.9 Å². The number of rotatable bonds is 7. The fourth-order valence-electron chi connectivity index (χ4n) is 2.68. The van der Waals surface area contributed by atoms with Crippen molar-refractivity contribution in [2.24, 2.45) is 5.92 Å². The van der Waals surface area contributed by atoms with Crippen molar-refractivity contribution in [3.05, 3.63) is 34.3 Å². The van der Waals surface area contributed by atoms with Gasteiger partial charge in [-0.15, -0.1) is 0 Å². The number of carbonyl (C=O) groups excluding carboxylic acids is 1. The number of unbranched alkanes of at least 4 members (excludes halogenated alkanes) is 1. The molecule has 2 nitrogen and oxygen atoms in total. The Kier molecular flexibility index (Phi) is 5.76. The monoisotopic (exact) mass is 391 g/mol. The molecule has 1 amide bonds. The third kappa shape index (κ3) is 4.96. The van der Waals surface area contributed by atoms with Crippen molar-refractivity contribution < 1.29 is 18.0 Å². The van der Waals surface area contributed by atoms with Crippen LogP contribution in [0, 0.1) is 5.92 Å². The van der Waals surface area contributed by atoms with Crippen molar-refractivity contribution in [2.75, 3.05) is 0 Å². The highest BCUT2D eigenvalue weighted by Gasteiger charge is 2.59. The quantitative estimate of drug-likeness (QED) is 0.650. The molecule has 1 fully saturated rings. The maximum atomic E-state index is 13.2. The Balaban J connectivity index is 1.75. The second-order valence-corrected chi connectivity index (χ2v) is 7.27. The van der Waals surface area contributed by atoms with E-state index in [4.69, 9.17) is 0 Å². The maximum Gasteiger partial charge on any atom is 0.411 e. The van der Waals surface area contributed by atoms with Gasteiger partial charge in [-0.05, 0) is 62.6 Å². The van der Waals surface area contributed by atoms with Gasteiger partial charge in [-0.1, -0.05) is 28.1 Å². The number of halogens is 4. The highest BCUT2D eigenvalue weighted by molar-refractivity contribution is 9.10. The summed E-state index contributed by atoms with van der Waals surface area (Å²) in [6.07, 6.45) is -1.03. The summed E-state index contributed by atoms with van der Waals surface area (Å²) in [5.74, 6) is -0.984. The second kappa shape index (κ2) is 7.24. The number of carbonyl (C=O) groups is 1. The number of benzene rings is 1. The standard InChI is InChI=1S/C17H21BrF3NO/c1-16(13-8-9-13,17(19,20)21)22-15(23)5-3-2-4-12-6-10-14(18)11-7-12/h6-7,10-11,13H,2-5,8-9H2,1H3,(H,22,23)/t16-/m1/s1. The van der Waals surface area contributed by atoms with Crippen LogP contribution in [0.2, 0.25) is 0 Å². The Labute approximate surface area is 143 Å². The Bertz CT molecular complexity index is 540. The molecular formula is C17H21BrF3NO. The number of aryl methyl sites for hydroxylation is 1. The maximum absolute atomic E-state index is 13.2. The summed E-state index contributed by atoms with van der Waals surface area (Å²) in [6, 6.07) is 7.90. The first-order valence-electron chi connectivity index (χ1n) is 7.84. The summed E-state index contributed by atoms with van der Waals surface area (Å²) in [4.78, 5) is 11.9. The molecule has 1 N–H and O–H groups in total. The summed E-state index contributed by atoms with van der Waals surface area (Å²) >= 11 is 3.36. The highest BCUT2D eigenvalue weighted by atomic mass is 79.9. The molecule has 1 aliphatic rings. The van der Waals surface area contributed by atoms with Crippen LogP contribution in [0.15, 0.2) is 28.7 Å². The van der Waals surface area contributed by atoms with Gasteiger partial charge in [0.25, 0.3) is 0 Å². The van der Waals surface area contributed by atoms with Gasteiger partial charge >= 0.3 is 6.18 Å². The molecule has 0 radical (unpaired) electrons. The van der Waals surface area contributed by atoms with Gasteiger partial charge in [0.1, 0.15) is 5.54 Å². The van der Waals surface area contributed by atoms with E-state index < -0.39 is 23.5 Å². The third-order valence-corrected chi connectivity index (χ3v) is 4.94. The van der Waals surface area contributed by atoms with Gasteiger partial charge in [0.2, 0.25) is 5.91 Å². The van der Waals surface area contributed by atoms with E-state index in [1.807, 2.05) is 24.3 Å². The predicted molar refractivity (Wildman–Crippen MR) is 87.0 cm³/mol. The minimum atomic E-state index is -4.40. The summed E-state index contributed by atoms with van der Waals surface area (Å²) < 4.78 is 40.5. The SMILES string of the molecule is C[C@@](NC(=O)CCCCc1ccc(Br)cc1)(C1CC1)C(F)(F)F. The molecule has 0 heterocycles. The van der Waals surface area contributed by atoms with Crippen LogP contribution in [-0.4, -0.2) is 17.6 Å². The Hall–Kier alpha value is -1.04. The van der Waals surface area contributed by atoms with Crippen LogP contribution in [0.25, 0.3) is 0 Å². The minimum absolute atomic E-state index is 0.134. The molecule has 0 bridgehead atoms. The van der Waals surface area contributed by atoms with Gasteiger partial charge in [-0.3, -0.25) is 4.79 Å². The van der Waals surface area contributed by atoms with Crippen LogP contribution in [0.3, 0.4) is 0 Å². The van der Waals surface area contributed by atoms with Gasteiger partial charge in [-0.25, -0.2) is 0 Å². The lowest BCUT2D eigenvalue weighted by Crippen LogP contribution is -2.58. The number of alkyl halides is 3. The van der Waals surface area contributed by atoms with Gasteiger partial charge in [0.15, 0.2) is 0 Å². The van der Waals surface area contributed by atoms with E-state index in [-0.39, 0.29) is 6.42 Å². The van der Waals surface area contributed by atoms with E-state index >= 15 is 0 Å². The summed E-state index contributed by atoms with van der Waals surface area (Å²) in [7, 11) is 0. The zero-order valence-corrected chi connectivity index (χ0v) is 14.6. The number of amides is 1. The Morgan fingerprint density at radius 1 is 1.22 bits per heavy atom. The van der Waals surface area contributed by atoms with Crippen molar-refractivity contribution >= 4 is 21.8 Å².